The molecule has 1 aliphatic heterocycles. The summed E-state index contributed by atoms with van der Waals surface area (Å²) in [7, 11) is 0. The average molecular weight is 475 g/mol. The van der Waals surface area contributed by atoms with Gasteiger partial charge in [-0.2, -0.15) is 8.42 Å². The summed E-state index contributed by atoms with van der Waals surface area (Å²) in [6.45, 7) is 13.7. The number of likely N-dealkylation sites (N-methyl/N-ethyl adjacent to an activating group) is 1. The molecule has 1 aliphatic rings. The van der Waals surface area contributed by atoms with E-state index in [9.17, 15) is 4.79 Å². The molecule has 0 aliphatic carbocycles. The molecule has 0 spiro atoms. The summed E-state index contributed by atoms with van der Waals surface area (Å²) >= 11 is -0.750. The second-order valence-corrected chi connectivity index (χ2v) is 9.33. The molecule has 33 heavy (non-hydrogen) atoms. The summed E-state index contributed by atoms with van der Waals surface area (Å²) in [5.74, 6) is 0. The highest BCUT2D eigenvalue weighted by atomic mass is 32.1. The molecular weight excluding hydrogens is 436 g/mol. The number of hydrogen-bond donors (Lipinski definition) is 1. The van der Waals surface area contributed by atoms with Gasteiger partial charge in [0.25, 0.3) is 0 Å². The smallest absolute Gasteiger partial charge is 0.336 e. The van der Waals surface area contributed by atoms with E-state index < -0.39 is 11.6 Å². The Bertz CT molecular complexity index is 1050. The van der Waals surface area contributed by atoms with Crippen molar-refractivity contribution < 1.29 is 12.8 Å². The zero-order chi connectivity index (χ0) is 24.4. The van der Waals surface area contributed by atoms with Crippen molar-refractivity contribution in [3.8, 4) is 0 Å². The lowest BCUT2D eigenvalue weighted by Crippen LogP contribution is -2.45. The van der Waals surface area contributed by atoms with Crippen molar-refractivity contribution in [3.05, 3.63) is 45.8 Å². The maximum Gasteiger partial charge on any atom is 0.336 e. The highest BCUT2D eigenvalue weighted by molar-refractivity contribution is 7.51. The van der Waals surface area contributed by atoms with Crippen molar-refractivity contribution in [1.82, 2.24) is 5.32 Å². The maximum atomic E-state index is 11.9. The molecule has 0 bridgehead atoms. The first-order valence-corrected chi connectivity index (χ1v) is 12.7. The predicted octanol–water partition coefficient (Wildman–Crippen LogP) is 5.38. The molecule has 182 valence electrons. The fraction of sp³-hybridized carbons (Fsp3) is 0.577. The lowest BCUT2D eigenvalue weighted by Gasteiger charge is -2.43. The van der Waals surface area contributed by atoms with Gasteiger partial charge in [0.15, 0.2) is 0 Å². The van der Waals surface area contributed by atoms with Gasteiger partial charge in [-0.3, -0.25) is 0 Å². The highest BCUT2D eigenvalue weighted by Crippen LogP contribution is 2.41. The van der Waals surface area contributed by atoms with Gasteiger partial charge in [-0.25, -0.2) is 4.79 Å². The summed E-state index contributed by atoms with van der Waals surface area (Å²) in [6.07, 6.45) is 10.3. The Labute approximate surface area is 201 Å². The van der Waals surface area contributed by atoms with E-state index in [2.05, 4.69) is 56.1 Å². The lowest BCUT2D eigenvalue weighted by atomic mass is 9.87. The van der Waals surface area contributed by atoms with Gasteiger partial charge in [-0.05, 0) is 57.9 Å². The van der Waals surface area contributed by atoms with Crippen LogP contribution in [0.1, 0.15) is 77.3 Å². The molecule has 0 saturated heterocycles. The van der Waals surface area contributed by atoms with Crippen molar-refractivity contribution in [1.29, 1.82) is 0 Å². The van der Waals surface area contributed by atoms with Crippen molar-refractivity contribution in [3.63, 3.8) is 0 Å². The van der Waals surface area contributed by atoms with Crippen molar-refractivity contribution in [2.24, 2.45) is 0 Å². The van der Waals surface area contributed by atoms with E-state index in [1.165, 1.54) is 49.7 Å². The summed E-state index contributed by atoms with van der Waals surface area (Å²) in [4.78, 5) is 14.3. The molecule has 0 amide bonds. The predicted molar refractivity (Wildman–Crippen MR) is 137 cm³/mol. The molecule has 1 aromatic carbocycles. The highest BCUT2D eigenvalue weighted by Gasteiger charge is 2.32. The lowest BCUT2D eigenvalue weighted by molar-refractivity contribution is 0.552. The van der Waals surface area contributed by atoms with Crippen LogP contribution in [0.4, 0.5) is 5.69 Å². The Morgan fingerprint density at radius 2 is 1.70 bits per heavy atom. The van der Waals surface area contributed by atoms with E-state index in [1.54, 1.807) is 6.07 Å². The molecule has 0 atom stereocenters. The van der Waals surface area contributed by atoms with Gasteiger partial charge >= 0.3 is 17.2 Å². The molecule has 0 fully saturated rings. The average Bonchev–Trinajstić information content (AvgIpc) is 2.74. The van der Waals surface area contributed by atoms with E-state index in [1.807, 2.05) is 6.92 Å². The number of rotatable bonds is 10. The van der Waals surface area contributed by atoms with Crippen molar-refractivity contribution in [2.45, 2.75) is 78.7 Å². The number of aryl methyl sites for hydroxylation is 1. The van der Waals surface area contributed by atoms with Crippen LogP contribution in [-0.4, -0.2) is 33.6 Å². The number of hydrogen-bond acceptors (Lipinski definition) is 6. The topological polar surface area (TPSA) is 79.6 Å². The van der Waals surface area contributed by atoms with E-state index in [0.717, 1.165) is 36.3 Å². The monoisotopic (exact) mass is 474 g/mol. The first-order valence-electron chi connectivity index (χ1n) is 12.0. The third kappa shape index (κ3) is 7.11. The zero-order valence-corrected chi connectivity index (χ0v) is 21.5. The molecule has 0 radical (unpaired) electrons. The first-order chi connectivity index (χ1) is 15.8. The van der Waals surface area contributed by atoms with Gasteiger partial charge in [-0.1, -0.05) is 45.1 Å². The molecule has 1 aromatic heterocycles. The van der Waals surface area contributed by atoms with Gasteiger partial charge in [0.2, 0.25) is 0 Å². The van der Waals surface area contributed by atoms with Crippen LogP contribution in [0.2, 0.25) is 0 Å². The van der Waals surface area contributed by atoms with E-state index in [4.69, 9.17) is 12.8 Å². The van der Waals surface area contributed by atoms with E-state index in [-0.39, 0.29) is 11.2 Å². The summed E-state index contributed by atoms with van der Waals surface area (Å²) in [6, 6.07) is 5.85. The number of nitrogens with one attached hydrogen (secondary N) is 1. The Morgan fingerprint density at radius 1 is 1.03 bits per heavy atom. The number of nitrogens with zero attached hydrogens (tertiary/aromatic N) is 1. The molecule has 3 rings (SSSR count). The fourth-order valence-electron chi connectivity index (χ4n) is 4.70. The van der Waals surface area contributed by atoms with Crippen LogP contribution in [0.25, 0.3) is 16.5 Å². The van der Waals surface area contributed by atoms with Crippen molar-refractivity contribution in [2.75, 3.05) is 24.5 Å². The number of unbranched alkanes of at least 4 members (excludes halogenated alkanes) is 5. The minimum absolute atomic E-state index is 0.0866. The minimum atomic E-state index is -0.750. The minimum Gasteiger partial charge on any atom is -0.423 e. The summed E-state index contributed by atoms with van der Waals surface area (Å²) < 4.78 is 22.1. The Morgan fingerprint density at radius 3 is 2.36 bits per heavy atom. The summed E-state index contributed by atoms with van der Waals surface area (Å²) in [5.41, 5.74) is 5.01. The second kappa shape index (κ2) is 12.8. The second-order valence-electron chi connectivity index (χ2n) is 9.19. The third-order valence-corrected chi connectivity index (χ3v) is 6.27. The molecule has 6 nitrogen and oxygen atoms in total. The van der Waals surface area contributed by atoms with Gasteiger partial charge < -0.3 is 14.6 Å². The number of benzene rings is 1. The van der Waals surface area contributed by atoms with E-state index in [0.29, 0.717) is 5.58 Å². The van der Waals surface area contributed by atoms with Crippen LogP contribution in [0, 0.1) is 6.92 Å². The van der Waals surface area contributed by atoms with Gasteiger partial charge in [0.05, 0.1) is 5.54 Å². The number of anilines is 1. The van der Waals surface area contributed by atoms with Crippen LogP contribution in [0.15, 0.2) is 33.5 Å². The summed E-state index contributed by atoms with van der Waals surface area (Å²) in [5, 5.41) is 4.69. The zero-order valence-electron chi connectivity index (χ0n) is 20.7. The molecule has 7 heteroatoms. The van der Waals surface area contributed by atoms with Crippen LogP contribution < -0.4 is 15.8 Å². The molecular formula is C26H38N2O4S. The Balaban J connectivity index is 0.00000122. The van der Waals surface area contributed by atoms with Crippen LogP contribution in [0.5, 0.6) is 0 Å². The molecule has 0 saturated carbocycles. The van der Waals surface area contributed by atoms with Crippen LogP contribution in [-0.2, 0) is 11.6 Å². The third-order valence-electron chi connectivity index (χ3n) is 6.27. The normalized spacial score (nSPS) is 14.3. The molecule has 1 N–H and O–H groups in total. The van der Waals surface area contributed by atoms with E-state index >= 15 is 0 Å². The van der Waals surface area contributed by atoms with Gasteiger partial charge in [0.1, 0.15) is 5.58 Å². The number of fused-ring (bicyclic) bond motifs is 2. The first kappa shape index (κ1) is 27.0. The van der Waals surface area contributed by atoms with Crippen LogP contribution in [0.3, 0.4) is 0 Å². The SMILES string of the molecule is CCCCCCCCNCC1=CC(C)(C)N(CC)c2cc3oc(=O)cc(C)c3cc21.O=S=O. The van der Waals surface area contributed by atoms with Gasteiger partial charge in [0, 0.05) is 41.9 Å². The standard InChI is InChI=1S/C26H38N2O2.O2S/c1-6-8-9-10-11-12-13-27-18-20-17-26(4,5)28(7-2)23-16-24-21(15-22(20)23)19(3)14-25(29)30-24;1-3-2/h14-17,27H,6-13,18H2,1-5H3;. The molecule has 2 heterocycles. The maximum absolute atomic E-state index is 11.9. The van der Waals surface area contributed by atoms with Crippen LogP contribution >= 0.6 is 0 Å². The van der Waals surface area contributed by atoms with Crippen molar-refractivity contribution >= 4 is 33.8 Å². The Kier molecular flexibility index (Phi) is 10.5. The largest absolute Gasteiger partial charge is 0.423 e. The van der Waals surface area contributed by atoms with Gasteiger partial charge in [-0.15, -0.1) is 0 Å². The molecule has 2 aromatic rings. The Hall–Kier alpha value is -2.25. The molecule has 0 unspecified atom stereocenters. The fourth-order valence-corrected chi connectivity index (χ4v) is 4.70. The quantitative estimate of drug-likeness (QED) is 0.368.